The van der Waals surface area contributed by atoms with Gasteiger partial charge in [0.25, 0.3) is 0 Å². The Hall–Kier alpha value is -0.670. The molecule has 72 valence electrons. The van der Waals surface area contributed by atoms with E-state index in [4.69, 9.17) is 0 Å². The molecule has 0 bridgehead atoms. The first-order valence-electron chi connectivity index (χ1n) is 4.88. The molecule has 2 aliphatic rings. The van der Waals surface area contributed by atoms with Crippen LogP contribution < -0.4 is 5.32 Å². The van der Waals surface area contributed by atoms with Crippen molar-refractivity contribution in [3.63, 3.8) is 0 Å². The third kappa shape index (κ3) is 1.31. The van der Waals surface area contributed by atoms with E-state index in [2.05, 4.69) is 38.4 Å². The Morgan fingerprint density at radius 1 is 1.43 bits per heavy atom. The first-order chi connectivity index (χ1) is 6.83. The van der Waals surface area contributed by atoms with Crippen molar-refractivity contribution in [3.05, 3.63) is 34.6 Å². The summed E-state index contributed by atoms with van der Waals surface area (Å²) in [5, 5.41) is 3.44. The summed E-state index contributed by atoms with van der Waals surface area (Å²) in [6, 6.07) is 2.84. The highest BCUT2D eigenvalue weighted by Crippen LogP contribution is 2.36. The second kappa shape index (κ2) is 3.17. The molecule has 0 amide bonds. The fourth-order valence-electron chi connectivity index (χ4n) is 2.18. The van der Waals surface area contributed by atoms with E-state index in [0.29, 0.717) is 6.04 Å². The number of pyridine rings is 1. The van der Waals surface area contributed by atoms with Gasteiger partial charge in [-0.05, 0) is 39.6 Å². The summed E-state index contributed by atoms with van der Waals surface area (Å²) < 4.78 is 1.06. The lowest BCUT2D eigenvalue weighted by molar-refractivity contribution is 0.306. The number of hydrogen-bond acceptors (Lipinski definition) is 2. The zero-order valence-corrected chi connectivity index (χ0v) is 9.29. The van der Waals surface area contributed by atoms with Crippen LogP contribution in [0.3, 0.4) is 0 Å². The van der Waals surface area contributed by atoms with Gasteiger partial charge in [-0.25, -0.2) is 0 Å². The van der Waals surface area contributed by atoms with E-state index in [0.717, 1.165) is 23.4 Å². The van der Waals surface area contributed by atoms with Crippen molar-refractivity contribution >= 4 is 21.5 Å². The van der Waals surface area contributed by atoms with Crippen molar-refractivity contribution in [2.45, 2.75) is 12.5 Å². The van der Waals surface area contributed by atoms with Gasteiger partial charge in [-0.15, -0.1) is 0 Å². The first-order valence-corrected chi connectivity index (χ1v) is 5.67. The Labute approximate surface area is 91.6 Å². The van der Waals surface area contributed by atoms with Crippen LogP contribution in [-0.4, -0.2) is 17.6 Å². The highest BCUT2D eigenvalue weighted by molar-refractivity contribution is 9.10. The molecule has 0 saturated carbocycles. The number of nitrogens with one attached hydrogen (secondary N) is 1. The van der Waals surface area contributed by atoms with Crippen molar-refractivity contribution in [1.82, 2.24) is 10.3 Å². The Morgan fingerprint density at radius 3 is 2.93 bits per heavy atom. The Balaban J connectivity index is 1.92. The molecule has 2 heterocycles. The van der Waals surface area contributed by atoms with Gasteiger partial charge in [0, 0.05) is 35.4 Å². The van der Waals surface area contributed by atoms with Crippen LogP contribution >= 0.6 is 15.9 Å². The highest BCUT2D eigenvalue weighted by atomic mass is 79.9. The summed E-state index contributed by atoms with van der Waals surface area (Å²) in [6.45, 7) is 1.15. The molecular weight excluding hydrogens is 240 g/mol. The molecule has 2 atom stereocenters. The number of halogens is 1. The second-order valence-corrected chi connectivity index (χ2v) is 4.88. The average molecular weight is 251 g/mol. The maximum atomic E-state index is 4.19. The number of rotatable bonds is 1. The minimum atomic E-state index is 0.698. The van der Waals surface area contributed by atoms with E-state index < -0.39 is 0 Å². The Morgan fingerprint density at radius 2 is 2.36 bits per heavy atom. The molecule has 2 unspecified atom stereocenters. The third-order valence-electron chi connectivity index (χ3n) is 3.06. The molecule has 3 heteroatoms. The fourth-order valence-corrected chi connectivity index (χ4v) is 2.55. The highest BCUT2D eigenvalue weighted by Gasteiger charge is 2.34. The molecule has 3 rings (SSSR count). The summed E-state index contributed by atoms with van der Waals surface area (Å²) in [6.07, 6.45) is 7.32. The maximum Gasteiger partial charge on any atom is 0.0410 e. The Bertz CT molecular complexity index is 400. The topological polar surface area (TPSA) is 24.9 Å². The van der Waals surface area contributed by atoms with Crippen LogP contribution in [0.2, 0.25) is 0 Å². The van der Waals surface area contributed by atoms with Gasteiger partial charge in [-0.1, -0.05) is 6.08 Å². The lowest BCUT2D eigenvalue weighted by atomic mass is 9.95. The molecule has 0 spiro atoms. The predicted molar refractivity (Wildman–Crippen MR) is 59.8 cm³/mol. The monoisotopic (exact) mass is 250 g/mol. The lowest BCUT2D eigenvalue weighted by Gasteiger charge is -2.31. The van der Waals surface area contributed by atoms with Gasteiger partial charge >= 0.3 is 0 Å². The molecule has 0 aromatic carbocycles. The molecular formula is C11H11BrN2. The molecule has 1 saturated heterocycles. The summed E-state index contributed by atoms with van der Waals surface area (Å²) >= 11 is 3.45. The van der Waals surface area contributed by atoms with E-state index in [9.17, 15) is 0 Å². The summed E-state index contributed by atoms with van der Waals surface area (Å²) in [5.74, 6) is 0.768. The number of hydrogen-bond donors (Lipinski definition) is 1. The van der Waals surface area contributed by atoms with Gasteiger partial charge in [0.05, 0.1) is 0 Å². The van der Waals surface area contributed by atoms with Gasteiger partial charge in [0.15, 0.2) is 0 Å². The van der Waals surface area contributed by atoms with Gasteiger partial charge in [-0.2, -0.15) is 0 Å². The largest absolute Gasteiger partial charge is 0.312 e. The van der Waals surface area contributed by atoms with Crippen molar-refractivity contribution in [2.75, 3.05) is 6.54 Å². The summed E-state index contributed by atoms with van der Waals surface area (Å²) in [4.78, 5) is 4.19. The number of aromatic nitrogens is 1. The molecule has 1 aliphatic carbocycles. The minimum absolute atomic E-state index is 0.698. The molecule has 14 heavy (non-hydrogen) atoms. The van der Waals surface area contributed by atoms with Crippen molar-refractivity contribution in [1.29, 1.82) is 0 Å². The van der Waals surface area contributed by atoms with Gasteiger partial charge in [-0.3, -0.25) is 4.98 Å². The van der Waals surface area contributed by atoms with Crippen LogP contribution in [-0.2, 0) is 0 Å². The summed E-state index contributed by atoms with van der Waals surface area (Å²) in [5.41, 5.74) is 2.70. The molecule has 1 aromatic rings. The van der Waals surface area contributed by atoms with Crippen molar-refractivity contribution < 1.29 is 0 Å². The van der Waals surface area contributed by atoms with Crippen molar-refractivity contribution in [2.24, 2.45) is 5.92 Å². The standard InChI is InChI=1S/C11H11BrN2/c12-10-2-8(4-13-6-10)7-1-9-5-14-11(9)3-7/h1-2,4,6,9,11,14H,3,5H2. The van der Waals surface area contributed by atoms with Crippen LogP contribution in [0.5, 0.6) is 0 Å². The molecule has 1 fully saturated rings. The van der Waals surface area contributed by atoms with E-state index in [-0.39, 0.29) is 0 Å². The SMILES string of the molecule is Brc1cncc(C2=CC3CNC3C2)c1. The van der Waals surface area contributed by atoms with E-state index in [1.807, 2.05) is 12.4 Å². The van der Waals surface area contributed by atoms with Gasteiger partial charge in [0.1, 0.15) is 0 Å². The maximum absolute atomic E-state index is 4.19. The van der Waals surface area contributed by atoms with Crippen molar-refractivity contribution in [3.8, 4) is 0 Å². The minimum Gasteiger partial charge on any atom is -0.312 e. The zero-order chi connectivity index (χ0) is 9.54. The average Bonchev–Trinajstić information content (AvgIpc) is 2.43. The molecule has 0 radical (unpaired) electrons. The molecule has 1 aromatic heterocycles. The second-order valence-electron chi connectivity index (χ2n) is 3.97. The van der Waals surface area contributed by atoms with Crippen LogP contribution in [0, 0.1) is 5.92 Å². The molecule has 1 aliphatic heterocycles. The third-order valence-corrected chi connectivity index (χ3v) is 3.50. The fraction of sp³-hybridized carbons (Fsp3) is 0.364. The van der Waals surface area contributed by atoms with Crippen LogP contribution in [0.25, 0.3) is 5.57 Å². The van der Waals surface area contributed by atoms with E-state index in [1.54, 1.807) is 0 Å². The molecule has 2 nitrogen and oxygen atoms in total. The van der Waals surface area contributed by atoms with Gasteiger partial charge in [0.2, 0.25) is 0 Å². The van der Waals surface area contributed by atoms with Crippen LogP contribution in [0.1, 0.15) is 12.0 Å². The quantitative estimate of drug-likeness (QED) is 0.827. The zero-order valence-electron chi connectivity index (χ0n) is 7.70. The predicted octanol–water partition coefficient (Wildman–Crippen LogP) is 2.22. The lowest BCUT2D eigenvalue weighted by Crippen LogP contribution is -2.49. The number of fused-ring (bicyclic) bond motifs is 1. The summed E-state index contributed by atoms with van der Waals surface area (Å²) in [7, 11) is 0. The molecule has 1 N–H and O–H groups in total. The normalized spacial score (nSPS) is 29.4. The van der Waals surface area contributed by atoms with Gasteiger partial charge < -0.3 is 5.32 Å². The smallest absolute Gasteiger partial charge is 0.0410 e. The number of nitrogens with zero attached hydrogens (tertiary/aromatic N) is 1. The van der Waals surface area contributed by atoms with E-state index in [1.165, 1.54) is 11.1 Å². The first kappa shape index (κ1) is 8.62. The van der Waals surface area contributed by atoms with Crippen LogP contribution in [0.15, 0.2) is 29.0 Å². The van der Waals surface area contributed by atoms with E-state index >= 15 is 0 Å². The Kier molecular flexibility index (Phi) is 1.96. The van der Waals surface area contributed by atoms with Crippen LogP contribution in [0.4, 0.5) is 0 Å².